The summed E-state index contributed by atoms with van der Waals surface area (Å²) in [6, 6.07) is 10.2. The fraction of sp³-hybridized carbons (Fsp3) is 0.133. The van der Waals surface area contributed by atoms with E-state index in [0.717, 1.165) is 0 Å². The zero-order valence-corrected chi connectivity index (χ0v) is 11.8. The second kappa shape index (κ2) is 6.04. The van der Waals surface area contributed by atoms with Crippen LogP contribution < -0.4 is 26.3 Å². The molecule has 0 aliphatic rings. The van der Waals surface area contributed by atoms with Gasteiger partial charge in [0.2, 0.25) is 0 Å². The summed E-state index contributed by atoms with van der Waals surface area (Å²) in [4.78, 5) is 11.5. The Kier molecular flexibility index (Phi) is 4.18. The SMILES string of the molecule is COc1cc(Nc2ccc(N)cc2C(N)=O)cc(OC)c1. The van der Waals surface area contributed by atoms with E-state index in [0.29, 0.717) is 34.1 Å². The molecule has 2 aromatic rings. The number of carbonyl (C=O) groups is 1. The van der Waals surface area contributed by atoms with E-state index in [4.69, 9.17) is 20.9 Å². The first kappa shape index (κ1) is 14.5. The Bertz CT molecular complexity index is 649. The van der Waals surface area contributed by atoms with Crippen LogP contribution in [-0.2, 0) is 0 Å². The van der Waals surface area contributed by atoms with E-state index in [9.17, 15) is 4.79 Å². The third kappa shape index (κ3) is 3.36. The second-order valence-corrected chi connectivity index (χ2v) is 4.40. The van der Waals surface area contributed by atoms with E-state index in [1.54, 1.807) is 44.6 Å². The predicted molar refractivity (Wildman–Crippen MR) is 82.2 cm³/mol. The van der Waals surface area contributed by atoms with Crippen molar-refractivity contribution in [1.82, 2.24) is 0 Å². The van der Waals surface area contributed by atoms with Gasteiger partial charge in [0.25, 0.3) is 5.91 Å². The Hall–Kier alpha value is -2.89. The maximum absolute atomic E-state index is 11.5. The number of carbonyl (C=O) groups excluding carboxylic acids is 1. The first-order chi connectivity index (χ1) is 10.0. The minimum Gasteiger partial charge on any atom is -0.497 e. The van der Waals surface area contributed by atoms with Crippen molar-refractivity contribution in [2.45, 2.75) is 0 Å². The van der Waals surface area contributed by atoms with Crippen LogP contribution in [-0.4, -0.2) is 20.1 Å². The number of rotatable bonds is 5. The Morgan fingerprint density at radius 2 is 1.67 bits per heavy atom. The van der Waals surface area contributed by atoms with Crippen molar-refractivity contribution in [3.05, 3.63) is 42.0 Å². The topological polar surface area (TPSA) is 99.6 Å². The molecule has 0 heterocycles. The molecule has 0 bridgehead atoms. The smallest absolute Gasteiger partial charge is 0.250 e. The molecule has 2 aromatic carbocycles. The van der Waals surface area contributed by atoms with E-state index in [1.807, 2.05) is 0 Å². The standard InChI is InChI=1S/C15H17N3O3/c1-20-11-6-10(7-12(8-11)21-2)18-14-4-3-9(16)5-13(14)15(17)19/h3-8,18H,16H2,1-2H3,(H2,17,19). The van der Waals surface area contributed by atoms with Crippen molar-refractivity contribution < 1.29 is 14.3 Å². The number of primary amides is 1. The van der Waals surface area contributed by atoms with Crippen LogP contribution in [0.2, 0.25) is 0 Å². The van der Waals surface area contributed by atoms with Crippen molar-refractivity contribution in [1.29, 1.82) is 0 Å². The number of nitrogens with two attached hydrogens (primary N) is 2. The number of nitrogen functional groups attached to an aromatic ring is 1. The minimum atomic E-state index is -0.556. The zero-order valence-electron chi connectivity index (χ0n) is 11.8. The molecular weight excluding hydrogens is 270 g/mol. The van der Waals surface area contributed by atoms with Crippen LogP contribution >= 0.6 is 0 Å². The predicted octanol–water partition coefficient (Wildman–Crippen LogP) is 2.13. The van der Waals surface area contributed by atoms with Crippen LogP contribution in [0.5, 0.6) is 11.5 Å². The van der Waals surface area contributed by atoms with Crippen LogP contribution in [0.4, 0.5) is 17.1 Å². The van der Waals surface area contributed by atoms with Crippen LogP contribution in [0.25, 0.3) is 0 Å². The summed E-state index contributed by atoms with van der Waals surface area (Å²) >= 11 is 0. The van der Waals surface area contributed by atoms with Crippen LogP contribution in [0.1, 0.15) is 10.4 Å². The van der Waals surface area contributed by atoms with E-state index >= 15 is 0 Å². The fourth-order valence-corrected chi connectivity index (χ4v) is 1.91. The number of nitrogens with one attached hydrogen (secondary N) is 1. The summed E-state index contributed by atoms with van der Waals surface area (Å²) in [5, 5.41) is 3.11. The summed E-state index contributed by atoms with van der Waals surface area (Å²) in [5.41, 5.74) is 13.1. The van der Waals surface area contributed by atoms with Gasteiger partial charge in [0, 0.05) is 29.6 Å². The maximum Gasteiger partial charge on any atom is 0.250 e. The average molecular weight is 287 g/mol. The maximum atomic E-state index is 11.5. The molecule has 0 saturated heterocycles. The quantitative estimate of drug-likeness (QED) is 0.731. The highest BCUT2D eigenvalue weighted by Gasteiger charge is 2.10. The minimum absolute atomic E-state index is 0.316. The number of amides is 1. The zero-order chi connectivity index (χ0) is 15.4. The lowest BCUT2D eigenvalue weighted by Gasteiger charge is -2.13. The fourth-order valence-electron chi connectivity index (χ4n) is 1.91. The van der Waals surface area contributed by atoms with Gasteiger partial charge in [-0.05, 0) is 18.2 Å². The van der Waals surface area contributed by atoms with Crippen molar-refractivity contribution in [2.75, 3.05) is 25.3 Å². The van der Waals surface area contributed by atoms with Crippen LogP contribution in [0.15, 0.2) is 36.4 Å². The third-order valence-corrected chi connectivity index (χ3v) is 2.94. The largest absolute Gasteiger partial charge is 0.497 e. The molecule has 5 N–H and O–H groups in total. The van der Waals surface area contributed by atoms with Crippen molar-refractivity contribution in [3.8, 4) is 11.5 Å². The molecule has 0 aliphatic heterocycles. The van der Waals surface area contributed by atoms with Gasteiger partial charge >= 0.3 is 0 Å². The molecule has 21 heavy (non-hydrogen) atoms. The number of anilines is 3. The molecule has 0 unspecified atom stereocenters. The molecule has 0 saturated carbocycles. The Morgan fingerprint density at radius 1 is 1.05 bits per heavy atom. The number of methoxy groups -OCH3 is 2. The van der Waals surface area contributed by atoms with Crippen molar-refractivity contribution in [3.63, 3.8) is 0 Å². The average Bonchev–Trinajstić information content (AvgIpc) is 2.48. The first-order valence-corrected chi connectivity index (χ1v) is 6.23. The normalized spacial score (nSPS) is 10.0. The molecule has 6 nitrogen and oxygen atoms in total. The highest BCUT2D eigenvalue weighted by Crippen LogP contribution is 2.29. The molecule has 0 aliphatic carbocycles. The molecule has 0 atom stereocenters. The monoisotopic (exact) mass is 287 g/mol. The van der Waals surface area contributed by atoms with Gasteiger partial charge in [-0.15, -0.1) is 0 Å². The summed E-state index contributed by atoms with van der Waals surface area (Å²) in [7, 11) is 3.13. The highest BCUT2D eigenvalue weighted by molar-refractivity contribution is 6.00. The molecule has 0 aromatic heterocycles. The number of hydrogen-bond donors (Lipinski definition) is 3. The Labute approximate surface area is 122 Å². The Balaban J connectivity index is 2.40. The van der Waals surface area contributed by atoms with Gasteiger partial charge in [-0.2, -0.15) is 0 Å². The van der Waals surface area contributed by atoms with Crippen molar-refractivity contribution >= 4 is 23.0 Å². The molecule has 0 spiro atoms. The number of hydrogen-bond acceptors (Lipinski definition) is 5. The molecular formula is C15H17N3O3. The summed E-state index contributed by atoms with van der Waals surface area (Å²) < 4.78 is 10.4. The highest BCUT2D eigenvalue weighted by atomic mass is 16.5. The van der Waals surface area contributed by atoms with Gasteiger partial charge in [-0.25, -0.2) is 0 Å². The van der Waals surface area contributed by atoms with Gasteiger partial charge in [-0.1, -0.05) is 0 Å². The van der Waals surface area contributed by atoms with Crippen LogP contribution in [0, 0.1) is 0 Å². The van der Waals surface area contributed by atoms with E-state index < -0.39 is 5.91 Å². The molecule has 110 valence electrons. The van der Waals surface area contributed by atoms with Gasteiger partial charge in [-0.3, -0.25) is 4.79 Å². The Morgan fingerprint density at radius 3 is 2.19 bits per heavy atom. The first-order valence-electron chi connectivity index (χ1n) is 6.23. The summed E-state index contributed by atoms with van der Waals surface area (Å²) in [6.07, 6.45) is 0. The van der Waals surface area contributed by atoms with E-state index in [1.165, 1.54) is 6.07 Å². The van der Waals surface area contributed by atoms with Crippen molar-refractivity contribution in [2.24, 2.45) is 5.73 Å². The van der Waals surface area contributed by atoms with Crippen LogP contribution in [0.3, 0.4) is 0 Å². The number of benzene rings is 2. The van der Waals surface area contributed by atoms with Gasteiger partial charge < -0.3 is 26.3 Å². The number of ether oxygens (including phenoxy) is 2. The van der Waals surface area contributed by atoms with E-state index in [-0.39, 0.29) is 0 Å². The molecule has 2 rings (SSSR count). The summed E-state index contributed by atoms with van der Waals surface area (Å²) in [6.45, 7) is 0. The van der Waals surface area contributed by atoms with Gasteiger partial charge in [0.05, 0.1) is 25.5 Å². The van der Waals surface area contributed by atoms with Gasteiger partial charge in [0.15, 0.2) is 0 Å². The second-order valence-electron chi connectivity index (χ2n) is 4.40. The molecule has 0 radical (unpaired) electrons. The lowest BCUT2D eigenvalue weighted by atomic mass is 10.1. The summed E-state index contributed by atoms with van der Waals surface area (Å²) in [5.74, 6) is 0.709. The van der Waals surface area contributed by atoms with E-state index in [2.05, 4.69) is 5.32 Å². The lowest BCUT2D eigenvalue weighted by Crippen LogP contribution is -2.13. The third-order valence-electron chi connectivity index (χ3n) is 2.94. The molecule has 0 fully saturated rings. The lowest BCUT2D eigenvalue weighted by molar-refractivity contribution is 0.100. The van der Waals surface area contributed by atoms with Gasteiger partial charge in [0.1, 0.15) is 11.5 Å². The molecule has 1 amide bonds. The molecule has 6 heteroatoms.